The van der Waals surface area contributed by atoms with Gasteiger partial charge in [-0.2, -0.15) is 0 Å². The summed E-state index contributed by atoms with van der Waals surface area (Å²) in [4.78, 5) is 18.6. The first-order chi connectivity index (χ1) is 9.79. The summed E-state index contributed by atoms with van der Waals surface area (Å²) in [5.74, 6) is -1.75. The second-order valence-corrected chi connectivity index (χ2v) is 6.05. The van der Waals surface area contributed by atoms with Crippen molar-refractivity contribution in [2.45, 2.75) is 25.3 Å². The van der Waals surface area contributed by atoms with E-state index in [1.165, 1.54) is 19.3 Å². The van der Waals surface area contributed by atoms with Crippen molar-refractivity contribution in [2.75, 3.05) is 0 Å². The molecule has 2 rings (SSSR count). The van der Waals surface area contributed by atoms with E-state index in [9.17, 15) is 13.2 Å². The van der Waals surface area contributed by atoms with Crippen LogP contribution in [0.3, 0.4) is 0 Å². The van der Waals surface area contributed by atoms with Crippen molar-refractivity contribution in [3.63, 3.8) is 0 Å². The third-order valence-electron chi connectivity index (χ3n) is 2.65. The van der Waals surface area contributed by atoms with E-state index in [0.29, 0.717) is 5.69 Å². The van der Waals surface area contributed by atoms with Crippen LogP contribution in [0.1, 0.15) is 27.7 Å². The zero-order chi connectivity index (χ0) is 15.6. The highest BCUT2D eigenvalue weighted by Crippen LogP contribution is 2.20. The summed E-state index contributed by atoms with van der Waals surface area (Å²) in [7, 11) is -3.89. The van der Waals surface area contributed by atoms with Gasteiger partial charge in [0.05, 0.1) is 24.1 Å². The van der Waals surface area contributed by atoms with Crippen molar-refractivity contribution in [3.05, 3.63) is 41.4 Å². The number of furan rings is 1. The number of sulfonamides is 1. The first-order valence-corrected chi connectivity index (χ1v) is 7.39. The maximum atomic E-state index is 12.1. The molecule has 0 aromatic carbocycles. The average Bonchev–Trinajstić information content (AvgIpc) is 2.81. The van der Waals surface area contributed by atoms with Gasteiger partial charge in [0.25, 0.3) is 0 Å². The molecule has 0 saturated carbocycles. The number of carboxylic acid groups (broad SMARTS) is 1. The monoisotopic (exact) mass is 311 g/mol. The third-order valence-corrected chi connectivity index (χ3v) is 4.16. The van der Waals surface area contributed by atoms with Crippen molar-refractivity contribution in [3.8, 4) is 0 Å². The van der Waals surface area contributed by atoms with Crippen LogP contribution in [0, 0.1) is 13.8 Å². The number of hydrogen-bond donors (Lipinski definition) is 2. The van der Waals surface area contributed by atoms with Gasteiger partial charge >= 0.3 is 5.97 Å². The van der Waals surface area contributed by atoms with Gasteiger partial charge < -0.3 is 9.52 Å². The minimum atomic E-state index is -3.89. The van der Waals surface area contributed by atoms with Gasteiger partial charge in [-0.05, 0) is 13.8 Å². The van der Waals surface area contributed by atoms with Crippen LogP contribution in [-0.4, -0.2) is 29.5 Å². The molecule has 0 saturated heterocycles. The lowest BCUT2D eigenvalue weighted by Gasteiger charge is -2.05. The molecule has 0 atom stereocenters. The highest BCUT2D eigenvalue weighted by atomic mass is 32.2. The number of nitrogens with one attached hydrogen (secondary N) is 1. The van der Waals surface area contributed by atoms with Crippen molar-refractivity contribution >= 4 is 16.0 Å². The summed E-state index contributed by atoms with van der Waals surface area (Å²) < 4.78 is 31.4. The summed E-state index contributed by atoms with van der Waals surface area (Å²) >= 11 is 0. The summed E-state index contributed by atoms with van der Waals surface area (Å²) in [5.41, 5.74) is 1.17. The Bertz CT molecular complexity index is 765. The van der Waals surface area contributed by atoms with E-state index in [2.05, 4.69) is 14.7 Å². The molecule has 112 valence electrons. The fourth-order valence-electron chi connectivity index (χ4n) is 1.59. The number of carboxylic acids is 1. The predicted molar refractivity (Wildman–Crippen MR) is 71.2 cm³/mol. The number of rotatable bonds is 5. The first kappa shape index (κ1) is 15.1. The molecular formula is C12H13N3O5S. The lowest BCUT2D eigenvalue weighted by Crippen LogP contribution is -2.24. The average molecular weight is 311 g/mol. The second-order valence-electron chi connectivity index (χ2n) is 4.31. The fraction of sp³-hybridized carbons (Fsp3) is 0.250. The molecule has 0 spiro atoms. The quantitative estimate of drug-likeness (QED) is 0.839. The number of aromatic nitrogens is 2. The normalized spacial score (nSPS) is 11.5. The number of aromatic carboxylic acids is 1. The Kier molecular flexibility index (Phi) is 4.05. The number of aryl methyl sites for hydroxylation is 2. The van der Waals surface area contributed by atoms with E-state index < -0.39 is 21.8 Å². The van der Waals surface area contributed by atoms with Gasteiger partial charge in [-0.1, -0.05) is 0 Å². The Labute approximate surface area is 120 Å². The molecule has 2 N–H and O–H groups in total. The molecule has 0 aliphatic rings. The van der Waals surface area contributed by atoms with E-state index in [1.54, 1.807) is 6.92 Å². The van der Waals surface area contributed by atoms with Crippen molar-refractivity contribution < 1.29 is 22.7 Å². The van der Waals surface area contributed by atoms with Gasteiger partial charge in [-0.15, -0.1) is 0 Å². The van der Waals surface area contributed by atoms with Gasteiger partial charge in [0.2, 0.25) is 15.8 Å². The summed E-state index contributed by atoms with van der Waals surface area (Å²) in [5, 5.41) is 8.79. The number of nitrogens with zero attached hydrogens (tertiary/aromatic N) is 2. The van der Waals surface area contributed by atoms with Crippen molar-refractivity contribution in [2.24, 2.45) is 0 Å². The second kappa shape index (κ2) is 5.62. The molecule has 0 aliphatic carbocycles. The van der Waals surface area contributed by atoms with Crippen LogP contribution in [0.4, 0.5) is 0 Å². The van der Waals surface area contributed by atoms with Gasteiger partial charge in [0.15, 0.2) is 0 Å². The van der Waals surface area contributed by atoms with E-state index in [-0.39, 0.29) is 17.2 Å². The largest absolute Gasteiger partial charge is 0.475 e. The highest BCUT2D eigenvalue weighted by molar-refractivity contribution is 7.89. The van der Waals surface area contributed by atoms with Crippen LogP contribution in [-0.2, 0) is 16.6 Å². The molecule has 0 aliphatic heterocycles. The molecule has 0 bridgehead atoms. The smallest absolute Gasteiger partial charge is 0.371 e. The van der Waals surface area contributed by atoms with E-state index >= 15 is 0 Å². The van der Waals surface area contributed by atoms with Crippen LogP contribution < -0.4 is 4.72 Å². The molecule has 9 heteroatoms. The van der Waals surface area contributed by atoms with Crippen molar-refractivity contribution in [1.29, 1.82) is 0 Å². The predicted octanol–water partition coefficient (Wildman–Crippen LogP) is 0.863. The standard InChI is InChI=1S/C12H13N3O5S/c1-7-4-14-9(5-13-7)6-15-21(18,19)11-3-10(12(16)17)20-8(11)2/h3-5,15H,6H2,1-2H3,(H,16,17). The van der Waals surface area contributed by atoms with E-state index in [1.807, 2.05) is 0 Å². The maximum Gasteiger partial charge on any atom is 0.371 e. The van der Waals surface area contributed by atoms with Crippen LogP contribution in [0.25, 0.3) is 0 Å². The zero-order valence-electron chi connectivity index (χ0n) is 11.3. The molecule has 0 fully saturated rings. The Morgan fingerprint density at radius 3 is 2.57 bits per heavy atom. The molecular weight excluding hydrogens is 298 g/mol. The van der Waals surface area contributed by atoms with Gasteiger partial charge in [-0.3, -0.25) is 9.97 Å². The first-order valence-electron chi connectivity index (χ1n) is 5.90. The highest BCUT2D eigenvalue weighted by Gasteiger charge is 2.23. The zero-order valence-corrected chi connectivity index (χ0v) is 12.1. The van der Waals surface area contributed by atoms with Gasteiger partial charge in [-0.25, -0.2) is 17.9 Å². The summed E-state index contributed by atoms with van der Waals surface area (Å²) in [6.07, 6.45) is 2.98. The molecule has 8 nitrogen and oxygen atoms in total. The number of hydrogen-bond acceptors (Lipinski definition) is 6. The van der Waals surface area contributed by atoms with Crippen LogP contribution in [0.5, 0.6) is 0 Å². The molecule has 0 unspecified atom stereocenters. The van der Waals surface area contributed by atoms with Gasteiger partial charge in [0.1, 0.15) is 10.7 Å². The lowest BCUT2D eigenvalue weighted by molar-refractivity contribution is 0.0661. The molecule has 2 aromatic rings. The lowest BCUT2D eigenvalue weighted by atomic mass is 10.4. The van der Waals surface area contributed by atoms with Crippen LogP contribution >= 0.6 is 0 Å². The summed E-state index contributed by atoms with van der Waals surface area (Å²) in [6, 6.07) is 0.973. The van der Waals surface area contributed by atoms with Crippen LogP contribution in [0.15, 0.2) is 27.8 Å². The molecule has 0 amide bonds. The van der Waals surface area contributed by atoms with E-state index in [4.69, 9.17) is 9.52 Å². The Morgan fingerprint density at radius 1 is 1.33 bits per heavy atom. The van der Waals surface area contributed by atoms with Crippen molar-refractivity contribution in [1.82, 2.24) is 14.7 Å². The minimum absolute atomic E-state index is 0.00916. The molecule has 2 heterocycles. The maximum absolute atomic E-state index is 12.1. The molecule has 21 heavy (non-hydrogen) atoms. The Hall–Kier alpha value is -2.26. The Morgan fingerprint density at radius 2 is 2.05 bits per heavy atom. The van der Waals surface area contributed by atoms with Gasteiger partial charge in [0, 0.05) is 12.3 Å². The molecule has 0 radical (unpaired) electrons. The molecule has 2 aromatic heterocycles. The van der Waals surface area contributed by atoms with E-state index in [0.717, 1.165) is 11.8 Å². The number of carbonyl (C=O) groups is 1. The SMILES string of the molecule is Cc1cnc(CNS(=O)(=O)c2cc(C(=O)O)oc2C)cn1. The topological polar surface area (TPSA) is 122 Å². The third kappa shape index (κ3) is 3.44. The Balaban J connectivity index is 2.18. The minimum Gasteiger partial charge on any atom is -0.475 e. The fourth-order valence-corrected chi connectivity index (χ4v) is 2.77. The van der Waals surface area contributed by atoms with Crippen LogP contribution in [0.2, 0.25) is 0 Å². The summed E-state index contributed by atoms with van der Waals surface area (Å²) in [6.45, 7) is 3.10.